The van der Waals surface area contributed by atoms with Crippen LogP contribution in [-0.2, 0) is 4.74 Å². The topological polar surface area (TPSA) is 29.5 Å². The molecule has 0 bridgehead atoms. The molecule has 0 aromatic carbocycles. The van der Waals surface area contributed by atoms with Crippen molar-refractivity contribution in [2.45, 2.75) is 50.7 Å². The van der Waals surface area contributed by atoms with Gasteiger partial charge in [-0.15, -0.1) is 0 Å². The second kappa shape index (κ2) is 4.25. The SMILES string of the molecule is OC1C=C(CCC2CCCO2)CC1. The number of hydrogen-bond acceptors (Lipinski definition) is 2. The van der Waals surface area contributed by atoms with Crippen molar-refractivity contribution >= 4 is 0 Å². The molecule has 2 atom stereocenters. The lowest BCUT2D eigenvalue weighted by Gasteiger charge is -2.08. The molecule has 2 heteroatoms. The standard InChI is InChI=1S/C11H18O2/c12-10-5-3-9(8-10)4-6-11-2-1-7-13-11/h8,10-12H,1-7H2. The highest BCUT2D eigenvalue weighted by molar-refractivity contribution is 5.11. The van der Waals surface area contributed by atoms with Crippen molar-refractivity contribution in [2.24, 2.45) is 0 Å². The van der Waals surface area contributed by atoms with Gasteiger partial charge < -0.3 is 9.84 Å². The molecular formula is C11H18O2. The van der Waals surface area contributed by atoms with E-state index in [-0.39, 0.29) is 6.10 Å². The van der Waals surface area contributed by atoms with Gasteiger partial charge in [0.2, 0.25) is 0 Å². The molecule has 1 aliphatic heterocycles. The molecule has 13 heavy (non-hydrogen) atoms. The zero-order chi connectivity index (χ0) is 9.10. The summed E-state index contributed by atoms with van der Waals surface area (Å²) in [6.45, 7) is 0.951. The van der Waals surface area contributed by atoms with Gasteiger partial charge in [-0.25, -0.2) is 0 Å². The molecule has 0 aromatic rings. The van der Waals surface area contributed by atoms with E-state index in [0.29, 0.717) is 6.10 Å². The first-order valence-corrected chi connectivity index (χ1v) is 5.34. The van der Waals surface area contributed by atoms with Crippen molar-refractivity contribution in [3.05, 3.63) is 11.6 Å². The number of rotatable bonds is 3. The maximum Gasteiger partial charge on any atom is 0.0726 e. The van der Waals surface area contributed by atoms with E-state index in [1.54, 1.807) is 0 Å². The summed E-state index contributed by atoms with van der Waals surface area (Å²) in [7, 11) is 0. The van der Waals surface area contributed by atoms with E-state index in [2.05, 4.69) is 0 Å². The normalized spacial score (nSPS) is 33.8. The molecule has 1 fully saturated rings. The number of aliphatic hydroxyl groups is 1. The smallest absolute Gasteiger partial charge is 0.0726 e. The fourth-order valence-corrected chi connectivity index (χ4v) is 2.20. The fraction of sp³-hybridized carbons (Fsp3) is 0.818. The minimum Gasteiger partial charge on any atom is -0.389 e. The monoisotopic (exact) mass is 182 g/mol. The molecule has 0 radical (unpaired) electrons. The average molecular weight is 182 g/mol. The largest absolute Gasteiger partial charge is 0.389 e. The van der Waals surface area contributed by atoms with Crippen LogP contribution < -0.4 is 0 Å². The van der Waals surface area contributed by atoms with Crippen LogP contribution in [0.1, 0.15) is 38.5 Å². The summed E-state index contributed by atoms with van der Waals surface area (Å²) in [6.07, 6.45) is 9.12. The Kier molecular flexibility index (Phi) is 3.01. The van der Waals surface area contributed by atoms with Gasteiger partial charge in [0.25, 0.3) is 0 Å². The van der Waals surface area contributed by atoms with Gasteiger partial charge in [-0.05, 0) is 38.5 Å². The molecule has 74 valence electrons. The van der Waals surface area contributed by atoms with Crippen molar-refractivity contribution in [1.82, 2.24) is 0 Å². The van der Waals surface area contributed by atoms with Crippen LogP contribution in [0.25, 0.3) is 0 Å². The third-order valence-corrected chi connectivity index (χ3v) is 3.00. The van der Waals surface area contributed by atoms with Crippen molar-refractivity contribution in [1.29, 1.82) is 0 Å². The van der Waals surface area contributed by atoms with Crippen LogP contribution in [0.15, 0.2) is 11.6 Å². The highest BCUT2D eigenvalue weighted by atomic mass is 16.5. The fourth-order valence-electron chi connectivity index (χ4n) is 2.20. The predicted molar refractivity (Wildman–Crippen MR) is 51.5 cm³/mol. The number of hydrogen-bond donors (Lipinski definition) is 1. The van der Waals surface area contributed by atoms with Gasteiger partial charge in [0, 0.05) is 6.61 Å². The Morgan fingerprint density at radius 2 is 2.38 bits per heavy atom. The molecule has 0 aromatic heterocycles. The third-order valence-electron chi connectivity index (χ3n) is 3.00. The molecule has 2 rings (SSSR count). The van der Waals surface area contributed by atoms with Crippen LogP contribution in [-0.4, -0.2) is 23.9 Å². The first-order valence-electron chi connectivity index (χ1n) is 5.34. The minimum atomic E-state index is -0.167. The lowest BCUT2D eigenvalue weighted by molar-refractivity contribution is 0.104. The van der Waals surface area contributed by atoms with E-state index in [4.69, 9.17) is 4.74 Å². The maximum absolute atomic E-state index is 9.28. The van der Waals surface area contributed by atoms with Gasteiger partial charge in [-0.3, -0.25) is 0 Å². The molecule has 2 nitrogen and oxygen atoms in total. The molecule has 0 spiro atoms. The highest BCUT2D eigenvalue weighted by Gasteiger charge is 2.18. The van der Waals surface area contributed by atoms with Gasteiger partial charge in [0.05, 0.1) is 12.2 Å². The molecule has 2 aliphatic rings. The van der Waals surface area contributed by atoms with Crippen molar-refractivity contribution in [3.63, 3.8) is 0 Å². The van der Waals surface area contributed by atoms with Gasteiger partial charge in [-0.1, -0.05) is 11.6 Å². The van der Waals surface area contributed by atoms with E-state index in [0.717, 1.165) is 32.3 Å². The van der Waals surface area contributed by atoms with Crippen LogP contribution in [0.4, 0.5) is 0 Å². The summed E-state index contributed by atoms with van der Waals surface area (Å²) < 4.78 is 5.55. The van der Waals surface area contributed by atoms with Gasteiger partial charge in [-0.2, -0.15) is 0 Å². The quantitative estimate of drug-likeness (QED) is 0.677. The Hall–Kier alpha value is -0.340. The molecular weight excluding hydrogens is 164 g/mol. The molecule has 0 saturated carbocycles. The number of aliphatic hydroxyl groups excluding tert-OH is 1. The Morgan fingerprint density at radius 3 is 3.00 bits per heavy atom. The summed E-state index contributed by atoms with van der Waals surface area (Å²) in [5, 5.41) is 9.28. The summed E-state index contributed by atoms with van der Waals surface area (Å²) in [6, 6.07) is 0. The predicted octanol–water partition coefficient (Wildman–Crippen LogP) is 2.03. The Bertz CT molecular complexity index is 192. The highest BCUT2D eigenvalue weighted by Crippen LogP contribution is 2.25. The van der Waals surface area contributed by atoms with E-state index in [9.17, 15) is 5.11 Å². The summed E-state index contributed by atoms with van der Waals surface area (Å²) in [5.41, 5.74) is 1.43. The zero-order valence-corrected chi connectivity index (χ0v) is 8.04. The van der Waals surface area contributed by atoms with Crippen LogP contribution in [0, 0.1) is 0 Å². The van der Waals surface area contributed by atoms with Crippen LogP contribution >= 0.6 is 0 Å². The lowest BCUT2D eigenvalue weighted by Crippen LogP contribution is -2.04. The zero-order valence-electron chi connectivity index (χ0n) is 8.04. The number of allylic oxidation sites excluding steroid dienone is 1. The van der Waals surface area contributed by atoms with Crippen molar-refractivity contribution in [3.8, 4) is 0 Å². The Balaban J connectivity index is 1.70. The third kappa shape index (κ3) is 2.55. The van der Waals surface area contributed by atoms with Crippen LogP contribution in [0.2, 0.25) is 0 Å². The molecule has 1 N–H and O–H groups in total. The van der Waals surface area contributed by atoms with E-state index in [1.165, 1.54) is 18.4 Å². The van der Waals surface area contributed by atoms with Crippen LogP contribution in [0.3, 0.4) is 0 Å². The molecule has 1 heterocycles. The van der Waals surface area contributed by atoms with Crippen molar-refractivity contribution < 1.29 is 9.84 Å². The van der Waals surface area contributed by atoms with E-state index >= 15 is 0 Å². The Labute approximate surface area is 79.6 Å². The second-order valence-electron chi connectivity index (χ2n) is 4.10. The Morgan fingerprint density at radius 1 is 1.46 bits per heavy atom. The van der Waals surface area contributed by atoms with Crippen LogP contribution in [0.5, 0.6) is 0 Å². The number of ether oxygens (including phenoxy) is 1. The first kappa shape index (κ1) is 9.22. The maximum atomic E-state index is 9.28. The average Bonchev–Trinajstić information content (AvgIpc) is 2.71. The van der Waals surface area contributed by atoms with Gasteiger partial charge in [0.1, 0.15) is 0 Å². The van der Waals surface area contributed by atoms with Gasteiger partial charge >= 0.3 is 0 Å². The van der Waals surface area contributed by atoms with E-state index < -0.39 is 0 Å². The molecule has 1 aliphatic carbocycles. The lowest BCUT2D eigenvalue weighted by atomic mass is 10.1. The summed E-state index contributed by atoms with van der Waals surface area (Å²) in [4.78, 5) is 0. The van der Waals surface area contributed by atoms with Gasteiger partial charge in [0.15, 0.2) is 0 Å². The second-order valence-corrected chi connectivity index (χ2v) is 4.10. The van der Waals surface area contributed by atoms with E-state index in [1.807, 2.05) is 6.08 Å². The molecule has 2 unspecified atom stereocenters. The summed E-state index contributed by atoms with van der Waals surface area (Å²) in [5.74, 6) is 0. The van der Waals surface area contributed by atoms with Crippen molar-refractivity contribution in [2.75, 3.05) is 6.61 Å². The summed E-state index contributed by atoms with van der Waals surface area (Å²) >= 11 is 0. The molecule has 1 saturated heterocycles. The molecule has 0 amide bonds. The first-order chi connectivity index (χ1) is 6.34. The minimum absolute atomic E-state index is 0.167.